The van der Waals surface area contributed by atoms with Crippen LogP contribution in [0.1, 0.15) is 42.9 Å². The molecule has 0 bridgehead atoms. The Hall–Kier alpha value is -4.16. The van der Waals surface area contributed by atoms with Crippen molar-refractivity contribution in [1.82, 2.24) is 15.1 Å². The molecule has 3 aliphatic rings. The van der Waals surface area contributed by atoms with Gasteiger partial charge in [0.2, 0.25) is 11.5 Å². The third-order valence-electron chi connectivity index (χ3n) is 7.85. The summed E-state index contributed by atoms with van der Waals surface area (Å²) in [4.78, 5) is 52.7. The van der Waals surface area contributed by atoms with Crippen molar-refractivity contribution in [3.8, 4) is 0 Å². The van der Waals surface area contributed by atoms with Gasteiger partial charge in [-0.25, -0.2) is 18.9 Å². The smallest absolute Gasteiger partial charge is 0.418 e. The number of alkyl halides is 3. The highest BCUT2D eigenvalue weighted by Crippen LogP contribution is 2.64. The van der Waals surface area contributed by atoms with Gasteiger partial charge >= 0.3 is 18.3 Å². The van der Waals surface area contributed by atoms with Crippen molar-refractivity contribution in [2.24, 2.45) is 0 Å². The standard InChI is InChI=1S/C27H26F4N4O5/c1-15(27(29,30)31)34(12-16-3-5-17(28)6-4-16)21(36)13-35-22(37)26(40-24(35)39)14-25(9-10-25)20-11-18(7-8-19(20)26)33-23(38)32-2/h3-8,11,15H,9-10,12-14H2,1-2H3,(H2,32,33,38)/t15-,26?/m0/s1. The lowest BCUT2D eigenvalue weighted by molar-refractivity contribution is -0.187. The van der Waals surface area contributed by atoms with Gasteiger partial charge in [-0.05, 0) is 55.2 Å². The molecule has 13 heteroatoms. The highest BCUT2D eigenvalue weighted by Gasteiger charge is 2.68. The lowest BCUT2D eigenvalue weighted by atomic mass is 9.94. The van der Waals surface area contributed by atoms with Crippen LogP contribution in [0.25, 0.3) is 0 Å². The molecule has 2 aromatic rings. The maximum atomic E-state index is 13.7. The van der Waals surface area contributed by atoms with Crippen molar-refractivity contribution in [2.45, 2.75) is 56.0 Å². The monoisotopic (exact) mass is 562 g/mol. The van der Waals surface area contributed by atoms with Crippen LogP contribution in [0.5, 0.6) is 0 Å². The van der Waals surface area contributed by atoms with E-state index >= 15 is 0 Å². The fourth-order valence-corrected chi connectivity index (χ4v) is 5.47. The molecule has 5 rings (SSSR count). The van der Waals surface area contributed by atoms with Gasteiger partial charge < -0.3 is 20.3 Å². The number of rotatable bonds is 6. The van der Waals surface area contributed by atoms with Crippen LogP contribution in [0.3, 0.4) is 0 Å². The molecular weight excluding hydrogens is 536 g/mol. The molecule has 2 spiro atoms. The van der Waals surface area contributed by atoms with Gasteiger partial charge in [0.1, 0.15) is 18.4 Å². The van der Waals surface area contributed by atoms with E-state index < -0.39 is 66.1 Å². The molecule has 1 saturated heterocycles. The second kappa shape index (κ2) is 9.49. The second-order valence-electron chi connectivity index (χ2n) is 10.4. The van der Waals surface area contributed by atoms with Crippen LogP contribution in [0.2, 0.25) is 0 Å². The molecule has 5 amide bonds. The number of hydrogen-bond acceptors (Lipinski definition) is 5. The Morgan fingerprint density at radius 3 is 2.38 bits per heavy atom. The molecule has 9 nitrogen and oxygen atoms in total. The molecule has 0 radical (unpaired) electrons. The van der Waals surface area contributed by atoms with Gasteiger partial charge in [0, 0.05) is 36.7 Å². The summed E-state index contributed by atoms with van der Waals surface area (Å²) in [6.07, 6.45) is -4.37. The summed E-state index contributed by atoms with van der Waals surface area (Å²) < 4.78 is 59.9. The number of anilines is 1. The normalized spacial score (nSPS) is 21.3. The van der Waals surface area contributed by atoms with E-state index in [0.29, 0.717) is 33.9 Å². The number of halogens is 4. The fraction of sp³-hybridized carbons (Fsp3) is 0.407. The zero-order chi connectivity index (χ0) is 29.0. The quantitative estimate of drug-likeness (QED) is 0.514. The first-order valence-corrected chi connectivity index (χ1v) is 12.6. The number of ether oxygens (including phenoxy) is 1. The third kappa shape index (κ3) is 4.62. The predicted molar refractivity (Wildman–Crippen MR) is 132 cm³/mol. The molecule has 1 saturated carbocycles. The van der Waals surface area contributed by atoms with Crippen molar-refractivity contribution in [3.05, 3.63) is 65.0 Å². The summed E-state index contributed by atoms with van der Waals surface area (Å²) in [5, 5.41) is 5.11. The Labute approximate surface area is 226 Å². The van der Waals surface area contributed by atoms with E-state index in [1.54, 1.807) is 18.2 Å². The molecule has 2 aromatic carbocycles. The Morgan fingerprint density at radius 2 is 1.77 bits per heavy atom. The van der Waals surface area contributed by atoms with Crippen molar-refractivity contribution in [3.63, 3.8) is 0 Å². The molecule has 0 aromatic heterocycles. The lowest BCUT2D eigenvalue weighted by Gasteiger charge is -2.31. The number of carbonyl (C=O) groups is 4. The summed E-state index contributed by atoms with van der Waals surface area (Å²) in [6.45, 7) is -0.684. The summed E-state index contributed by atoms with van der Waals surface area (Å²) in [6, 6.07) is 6.78. The van der Waals surface area contributed by atoms with E-state index in [-0.39, 0.29) is 12.0 Å². The van der Waals surface area contributed by atoms with E-state index in [1.807, 2.05) is 0 Å². The number of nitrogens with one attached hydrogen (secondary N) is 2. The number of nitrogens with zero attached hydrogens (tertiary/aromatic N) is 2. The van der Waals surface area contributed by atoms with Gasteiger partial charge in [0.15, 0.2) is 0 Å². The fourth-order valence-electron chi connectivity index (χ4n) is 5.47. The summed E-state index contributed by atoms with van der Waals surface area (Å²) in [5.74, 6) is -2.55. The molecule has 40 heavy (non-hydrogen) atoms. The van der Waals surface area contributed by atoms with E-state index in [0.717, 1.165) is 24.6 Å². The molecule has 1 heterocycles. The topological polar surface area (TPSA) is 108 Å². The molecule has 2 aliphatic carbocycles. The Kier molecular flexibility index (Phi) is 6.50. The van der Waals surface area contributed by atoms with Crippen LogP contribution in [-0.4, -0.2) is 59.5 Å². The number of fused-ring (bicyclic) bond motifs is 3. The average Bonchev–Trinajstić information content (AvgIpc) is 3.58. The van der Waals surface area contributed by atoms with E-state index in [4.69, 9.17) is 4.74 Å². The lowest BCUT2D eigenvalue weighted by Crippen LogP contribution is -2.51. The Bertz CT molecular complexity index is 1390. The number of carbonyl (C=O) groups excluding carboxylic acids is 4. The molecule has 2 N–H and O–H groups in total. The van der Waals surface area contributed by atoms with Crippen LogP contribution in [0, 0.1) is 5.82 Å². The van der Waals surface area contributed by atoms with Gasteiger partial charge in [-0.2, -0.15) is 13.2 Å². The van der Waals surface area contributed by atoms with Gasteiger partial charge in [0.05, 0.1) is 0 Å². The minimum absolute atomic E-state index is 0.131. The first-order chi connectivity index (χ1) is 18.8. The van der Waals surface area contributed by atoms with E-state index in [2.05, 4.69) is 10.6 Å². The largest absolute Gasteiger partial charge is 0.427 e. The van der Waals surface area contributed by atoms with Crippen LogP contribution in [0.4, 0.5) is 32.8 Å². The molecule has 212 valence electrons. The van der Waals surface area contributed by atoms with Crippen molar-refractivity contribution in [2.75, 3.05) is 18.9 Å². The summed E-state index contributed by atoms with van der Waals surface area (Å²) in [5.41, 5.74) is -0.300. The number of urea groups is 1. The zero-order valence-corrected chi connectivity index (χ0v) is 21.6. The van der Waals surface area contributed by atoms with Crippen LogP contribution in [0.15, 0.2) is 42.5 Å². The van der Waals surface area contributed by atoms with E-state index in [1.165, 1.54) is 19.2 Å². The predicted octanol–water partition coefficient (Wildman–Crippen LogP) is 4.17. The van der Waals surface area contributed by atoms with Crippen LogP contribution >= 0.6 is 0 Å². The van der Waals surface area contributed by atoms with Crippen molar-refractivity contribution >= 4 is 29.6 Å². The minimum atomic E-state index is -4.80. The maximum absolute atomic E-state index is 13.7. The average molecular weight is 563 g/mol. The van der Waals surface area contributed by atoms with Gasteiger partial charge in [0.25, 0.3) is 5.91 Å². The van der Waals surface area contributed by atoms with Crippen molar-refractivity contribution in [1.29, 1.82) is 0 Å². The van der Waals surface area contributed by atoms with Gasteiger partial charge in [-0.3, -0.25) is 9.59 Å². The summed E-state index contributed by atoms with van der Waals surface area (Å²) >= 11 is 0. The van der Waals surface area contributed by atoms with Gasteiger partial charge in [-0.1, -0.05) is 18.2 Å². The summed E-state index contributed by atoms with van der Waals surface area (Å²) in [7, 11) is 1.46. The first-order valence-electron chi connectivity index (χ1n) is 12.6. The minimum Gasteiger partial charge on any atom is -0.427 e. The molecule has 1 unspecified atom stereocenters. The highest BCUT2D eigenvalue weighted by molar-refractivity contribution is 6.07. The molecule has 2 fully saturated rings. The molecule has 2 atom stereocenters. The number of benzene rings is 2. The van der Waals surface area contributed by atoms with Crippen LogP contribution in [-0.2, 0) is 31.9 Å². The highest BCUT2D eigenvalue weighted by atomic mass is 19.4. The van der Waals surface area contributed by atoms with Gasteiger partial charge in [-0.15, -0.1) is 0 Å². The van der Waals surface area contributed by atoms with E-state index in [9.17, 15) is 36.7 Å². The first kappa shape index (κ1) is 27.4. The number of amides is 5. The van der Waals surface area contributed by atoms with Crippen LogP contribution < -0.4 is 10.6 Å². The maximum Gasteiger partial charge on any atom is 0.418 e. The number of imide groups is 1. The molecular formula is C27H26F4N4O5. The second-order valence-corrected chi connectivity index (χ2v) is 10.4. The van der Waals surface area contributed by atoms with Crippen molar-refractivity contribution < 1.29 is 41.5 Å². The Morgan fingerprint density at radius 1 is 1.10 bits per heavy atom. The number of hydrogen-bond donors (Lipinski definition) is 2. The SMILES string of the molecule is CNC(=O)Nc1ccc2c(c1)C1(CC1)CC21OC(=O)N(CC(=O)N(Cc2ccc(F)cc2)[C@@H](C)C(F)(F)F)C1=O. The Balaban J connectivity index is 1.41. The zero-order valence-electron chi connectivity index (χ0n) is 21.6. The molecule has 1 aliphatic heterocycles. The third-order valence-corrected chi connectivity index (χ3v) is 7.85.